The number of fused-ring (bicyclic) bond motifs is 1. The van der Waals surface area contributed by atoms with E-state index < -0.39 is 0 Å². The number of ether oxygens (including phenoxy) is 1. The summed E-state index contributed by atoms with van der Waals surface area (Å²) in [5.41, 5.74) is 4.44. The number of carbonyl (C=O) groups is 1. The number of aromatic nitrogens is 2. The molecule has 6 rings (SSSR count). The van der Waals surface area contributed by atoms with Crippen molar-refractivity contribution < 1.29 is 19.2 Å². The molecule has 0 atom stereocenters. The number of benzene rings is 2. The first kappa shape index (κ1) is 25.1. The SMILES string of the molecule is Cc1cccc(Cl)c1-c1noc(C2CC2)c1COC1CCC(O)CC1.O=Cc1nsc2ccccc12. The van der Waals surface area contributed by atoms with E-state index in [2.05, 4.69) is 9.53 Å². The Morgan fingerprint density at radius 2 is 1.89 bits per heavy atom. The van der Waals surface area contributed by atoms with Crippen LogP contribution in [0.25, 0.3) is 21.3 Å². The van der Waals surface area contributed by atoms with Gasteiger partial charge in [-0.1, -0.05) is 47.1 Å². The highest BCUT2D eigenvalue weighted by Crippen LogP contribution is 2.45. The average Bonchev–Trinajstić information content (AvgIpc) is 3.51. The second-order valence-electron chi connectivity index (χ2n) is 9.50. The minimum absolute atomic E-state index is 0.168. The van der Waals surface area contributed by atoms with Crippen molar-refractivity contribution in [2.75, 3.05) is 0 Å². The fourth-order valence-corrected chi connectivity index (χ4v) is 5.72. The van der Waals surface area contributed by atoms with E-state index in [0.717, 1.165) is 83.0 Å². The van der Waals surface area contributed by atoms with Crippen molar-refractivity contribution in [1.82, 2.24) is 9.53 Å². The Balaban J connectivity index is 0.000000202. The quantitative estimate of drug-likeness (QED) is 0.270. The first-order chi connectivity index (χ1) is 17.5. The van der Waals surface area contributed by atoms with Crippen LogP contribution in [0.1, 0.15) is 71.8 Å². The third-order valence-electron chi connectivity index (χ3n) is 6.85. The lowest BCUT2D eigenvalue weighted by Gasteiger charge is -2.25. The van der Waals surface area contributed by atoms with Gasteiger partial charge >= 0.3 is 0 Å². The molecule has 2 fully saturated rings. The summed E-state index contributed by atoms with van der Waals surface area (Å²) in [5, 5.41) is 15.7. The maximum absolute atomic E-state index is 10.4. The number of halogens is 1. The Morgan fingerprint density at radius 1 is 1.11 bits per heavy atom. The van der Waals surface area contributed by atoms with Gasteiger partial charge in [-0.25, -0.2) is 0 Å². The zero-order valence-corrected chi connectivity index (χ0v) is 21.7. The summed E-state index contributed by atoms with van der Waals surface area (Å²) in [5.74, 6) is 1.43. The van der Waals surface area contributed by atoms with Crippen LogP contribution in [0.15, 0.2) is 47.0 Å². The smallest absolute Gasteiger partial charge is 0.170 e. The predicted octanol–water partition coefficient (Wildman–Crippen LogP) is 7.11. The normalized spacial score (nSPS) is 19.6. The highest BCUT2D eigenvalue weighted by molar-refractivity contribution is 7.13. The van der Waals surface area contributed by atoms with E-state index in [1.165, 1.54) is 11.5 Å². The van der Waals surface area contributed by atoms with Crippen LogP contribution >= 0.6 is 23.1 Å². The van der Waals surface area contributed by atoms with Gasteiger partial charge in [0.1, 0.15) is 17.1 Å². The molecule has 2 aliphatic rings. The minimum Gasteiger partial charge on any atom is -0.393 e. The molecule has 2 heterocycles. The van der Waals surface area contributed by atoms with Gasteiger partial charge in [-0.05, 0) is 74.7 Å². The van der Waals surface area contributed by atoms with E-state index in [4.69, 9.17) is 20.9 Å². The zero-order chi connectivity index (χ0) is 25.1. The first-order valence-electron chi connectivity index (χ1n) is 12.4. The van der Waals surface area contributed by atoms with Crippen LogP contribution in [-0.2, 0) is 11.3 Å². The van der Waals surface area contributed by atoms with Crippen molar-refractivity contribution in [3.63, 3.8) is 0 Å². The molecule has 2 saturated carbocycles. The Labute approximate surface area is 219 Å². The van der Waals surface area contributed by atoms with Gasteiger partial charge < -0.3 is 14.4 Å². The molecule has 0 unspecified atom stereocenters. The van der Waals surface area contributed by atoms with Crippen LogP contribution in [0.4, 0.5) is 0 Å². The number of hydrogen-bond donors (Lipinski definition) is 1. The van der Waals surface area contributed by atoms with Gasteiger partial charge in [0.15, 0.2) is 6.29 Å². The van der Waals surface area contributed by atoms with Crippen molar-refractivity contribution in [3.8, 4) is 11.3 Å². The van der Waals surface area contributed by atoms with Gasteiger partial charge in [-0.15, -0.1) is 0 Å². The molecule has 188 valence electrons. The van der Waals surface area contributed by atoms with Crippen molar-refractivity contribution in [3.05, 3.63) is 70.1 Å². The molecule has 0 spiro atoms. The van der Waals surface area contributed by atoms with E-state index >= 15 is 0 Å². The fraction of sp³-hybridized carbons (Fsp3) is 0.393. The van der Waals surface area contributed by atoms with Crippen molar-refractivity contribution >= 4 is 39.5 Å². The van der Waals surface area contributed by atoms with E-state index in [1.807, 2.05) is 49.4 Å². The van der Waals surface area contributed by atoms with Gasteiger partial charge in [0.25, 0.3) is 0 Å². The van der Waals surface area contributed by atoms with Crippen LogP contribution in [-0.4, -0.2) is 33.1 Å². The van der Waals surface area contributed by atoms with Crippen LogP contribution in [0.2, 0.25) is 5.02 Å². The van der Waals surface area contributed by atoms with E-state index in [-0.39, 0.29) is 12.2 Å². The average molecular weight is 525 g/mol. The maximum atomic E-state index is 10.4. The Kier molecular flexibility index (Phi) is 7.82. The molecule has 0 aliphatic heterocycles. The standard InChI is InChI=1S/C20H24ClNO3.C8H5NOS/c1-12-3-2-4-17(21)18(12)19-16(20(25-22-19)13-5-6-13)11-24-15-9-7-14(23)8-10-15;10-5-7-6-3-1-2-4-8(6)11-9-7/h2-4,13-15,23H,5-11H2,1H3;1-5H. The maximum Gasteiger partial charge on any atom is 0.170 e. The topological polar surface area (TPSA) is 85.5 Å². The predicted molar refractivity (Wildman–Crippen MR) is 142 cm³/mol. The molecule has 2 aliphatic carbocycles. The van der Waals surface area contributed by atoms with Gasteiger partial charge in [0.2, 0.25) is 0 Å². The summed E-state index contributed by atoms with van der Waals surface area (Å²) in [4.78, 5) is 10.4. The number of aryl methyl sites for hydroxylation is 1. The lowest BCUT2D eigenvalue weighted by atomic mass is 9.95. The van der Waals surface area contributed by atoms with Gasteiger partial charge in [-0.2, -0.15) is 4.37 Å². The third-order valence-corrected chi connectivity index (χ3v) is 8.01. The second kappa shape index (κ2) is 11.2. The Morgan fingerprint density at radius 3 is 2.61 bits per heavy atom. The molecule has 1 N–H and O–H groups in total. The molecule has 0 bridgehead atoms. The minimum atomic E-state index is -0.168. The van der Waals surface area contributed by atoms with Crippen LogP contribution < -0.4 is 0 Å². The van der Waals surface area contributed by atoms with Gasteiger partial charge in [0.05, 0.1) is 28.5 Å². The summed E-state index contributed by atoms with van der Waals surface area (Å²) >= 11 is 7.81. The monoisotopic (exact) mass is 524 g/mol. The van der Waals surface area contributed by atoms with E-state index in [0.29, 0.717) is 23.2 Å². The zero-order valence-electron chi connectivity index (χ0n) is 20.2. The molecule has 2 aromatic heterocycles. The molecule has 36 heavy (non-hydrogen) atoms. The number of aldehydes is 1. The molecule has 2 aromatic carbocycles. The third kappa shape index (κ3) is 5.54. The van der Waals surface area contributed by atoms with Gasteiger partial charge in [0, 0.05) is 22.4 Å². The molecule has 0 saturated heterocycles. The highest BCUT2D eigenvalue weighted by Gasteiger charge is 2.33. The van der Waals surface area contributed by atoms with Crippen molar-refractivity contribution in [2.45, 2.75) is 70.2 Å². The lowest BCUT2D eigenvalue weighted by molar-refractivity contribution is -0.0121. The molecule has 0 amide bonds. The lowest BCUT2D eigenvalue weighted by Crippen LogP contribution is -2.24. The number of rotatable bonds is 6. The number of nitrogens with zero attached hydrogens (tertiary/aromatic N) is 2. The van der Waals surface area contributed by atoms with Crippen LogP contribution in [0.3, 0.4) is 0 Å². The van der Waals surface area contributed by atoms with E-state index in [9.17, 15) is 9.90 Å². The molecule has 0 radical (unpaired) electrons. The Hall–Kier alpha value is -2.58. The highest BCUT2D eigenvalue weighted by atomic mass is 35.5. The largest absolute Gasteiger partial charge is 0.393 e. The van der Waals surface area contributed by atoms with Crippen LogP contribution in [0.5, 0.6) is 0 Å². The summed E-state index contributed by atoms with van der Waals surface area (Å²) in [7, 11) is 0. The number of hydrogen-bond acceptors (Lipinski definition) is 7. The van der Waals surface area contributed by atoms with E-state index in [1.54, 1.807) is 0 Å². The summed E-state index contributed by atoms with van der Waals surface area (Å²) in [6.07, 6.45) is 6.58. The van der Waals surface area contributed by atoms with Crippen molar-refractivity contribution in [1.29, 1.82) is 0 Å². The van der Waals surface area contributed by atoms with Crippen molar-refractivity contribution in [2.24, 2.45) is 0 Å². The van der Waals surface area contributed by atoms with Gasteiger partial charge in [-0.3, -0.25) is 4.79 Å². The number of aliphatic hydroxyl groups excluding tert-OH is 1. The summed E-state index contributed by atoms with van der Waals surface area (Å²) in [6, 6.07) is 13.6. The molecule has 4 aromatic rings. The molecule has 8 heteroatoms. The fourth-order valence-electron chi connectivity index (χ4n) is 4.66. The molecule has 6 nitrogen and oxygen atoms in total. The van der Waals surface area contributed by atoms with Crippen LogP contribution in [0, 0.1) is 6.92 Å². The number of carbonyl (C=O) groups excluding carboxylic acids is 1. The second-order valence-corrected chi connectivity index (χ2v) is 10.7. The first-order valence-corrected chi connectivity index (χ1v) is 13.5. The summed E-state index contributed by atoms with van der Waals surface area (Å²) in [6.45, 7) is 2.54. The number of aliphatic hydroxyl groups is 1. The Bertz CT molecular complexity index is 1320. The summed E-state index contributed by atoms with van der Waals surface area (Å²) < 4.78 is 16.9. The molecular formula is C28H29ClN2O4S. The molecular weight excluding hydrogens is 496 g/mol.